The van der Waals surface area contributed by atoms with E-state index in [1.807, 2.05) is 45.0 Å². The Morgan fingerprint density at radius 2 is 1.65 bits per heavy atom. The first-order valence-electron chi connectivity index (χ1n) is 12.7. The standard InChI is InChI=1S/C29H32BrCl2N3O4S/c1-5-20(3)33-29(37)21(4)34(17-22-7-6-8-23(30)15-22)28(36)18-35(24-11-14-26(31)27(32)16-24)40(38,39)25-12-9-19(2)10-13-25/h6-16,20-21H,5,17-18H2,1-4H3,(H,33,37)/t20-,21-/m1/s1. The maximum Gasteiger partial charge on any atom is 0.264 e. The molecule has 0 unspecified atom stereocenters. The molecule has 0 heterocycles. The Hall–Kier alpha value is -2.59. The number of amides is 2. The van der Waals surface area contributed by atoms with Gasteiger partial charge in [-0.05, 0) is 75.2 Å². The fourth-order valence-corrected chi connectivity index (χ4v) is 6.03. The molecule has 2 atom stereocenters. The highest BCUT2D eigenvalue weighted by Crippen LogP contribution is 2.31. The third-order valence-electron chi connectivity index (χ3n) is 6.49. The molecule has 7 nitrogen and oxygen atoms in total. The van der Waals surface area contributed by atoms with Crippen molar-refractivity contribution >= 4 is 66.7 Å². The zero-order chi connectivity index (χ0) is 29.6. The summed E-state index contributed by atoms with van der Waals surface area (Å²) in [6, 6.07) is 17.1. The minimum Gasteiger partial charge on any atom is -0.352 e. The van der Waals surface area contributed by atoms with E-state index in [2.05, 4.69) is 21.2 Å². The molecule has 11 heteroatoms. The van der Waals surface area contributed by atoms with Crippen molar-refractivity contribution in [1.29, 1.82) is 0 Å². The van der Waals surface area contributed by atoms with Crippen LogP contribution in [-0.2, 0) is 26.2 Å². The first-order valence-corrected chi connectivity index (χ1v) is 15.7. The van der Waals surface area contributed by atoms with Gasteiger partial charge in [0.25, 0.3) is 10.0 Å². The molecule has 40 heavy (non-hydrogen) atoms. The van der Waals surface area contributed by atoms with Gasteiger partial charge in [0.1, 0.15) is 12.6 Å². The molecule has 0 aliphatic heterocycles. The van der Waals surface area contributed by atoms with E-state index >= 15 is 0 Å². The predicted octanol–water partition coefficient (Wildman–Crippen LogP) is 6.59. The van der Waals surface area contributed by atoms with Crippen molar-refractivity contribution in [1.82, 2.24) is 10.2 Å². The molecule has 2 amide bonds. The molecule has 0 saturated carbocycles. The molecule has 0 aliphatic rings. The van der Waals surface area contributed by atoms with Gasteiger partial charge >= 0.3 is 0 Å². The SMILES string of the molecule is CC[C@@H](C)NC(=O)[C@@H](C)N(Cc1cccc(Br)c1)C(=O)CN(c1ccc(Cl)c(Cl)c1)S(=O)(=O)c1ccc(C)cc1. The molecule has 0 spiro atoms. The number of anilines is 1. The molecule has 0 saturated heterocycles. The second kappa shape index (κ2) is 13.9. The molecule has 214 valence electrons. The highest BCUT2D eigenvalue weighted by Gasteiger charge is 2.33. The Kier molecular flexibility index (Phi) is 11.1. The summed E-state index contributed by atoms with van der Waals surface area (Å²) in [5.74, 6) is -0.895. The third-order valence-corrected chi connectivity index (χ3v) is 9.51. The molecule has 3 rings (SSSR count). The number of carbonyl (C=O) groups excluding carboxylic acids is 2. The number of nitrogens with zero attached hydrogens (tertiary/aromatic N) is 2. The third kappa shape index (κ3) is 8.00. The maximum absolute atomic E-state index is 14.0. The second-order valence-corrected chi connectivity index (χ2v) is 13.2. The second-order valence-electron chi connectivity index (χ2n) is 9.57. The minimum atomic E-state index is -4.20. The van der Waals surface area contributed by atoms with Crippen LogP contribution in [0.4, 0.5) is 5.69 Å². The van der Waals surface area contributed by atoms with E-state index in [1.54, 1.807) is 19.1 Å². The van der Waals surface area contributed by atoms with Gasteiger partial charge in [-0.25, -0.2) is 8.42 Å². The van der Waals surface area contributed by atoms with Crippen LogP contribution in [0.25, 0.3) is 0 Å². The number of halogens is 3. The van der Waals surface area contributed by atoms with Crippen LogP contribution in [-0.4, -0.2) is 43.8 Å². The van der Waals surface area contributed by atoms with Gasteiger partial charge in [-0.1, -0.05) is 75.9 Å². The Labute approximate surface area is 254 Å². The summed E-state index contributed by atoms with van der Waals surface area (Å²) in [5, 5.41) is 3.30. The first-order chi connectivity index (χ1) is 18.8. The van der Waals surface area contributed by atoms with Gasteiger partial charge < -0.3 is 10.2 Å². The van der Waals surface area contributed by atoms with Crippen molar-refractivity contribution in [3.8, 4) is 0 Å². The number of sulfonamides is 1. The molecule has 0 fully saturated rings. The van der Waals surface area contributed by atoms with Crippen LogP contribution in [0.3, 0.4) is 0 Å². The topological polar surface area (TPSA) is 86.8 Å². The molecular weight excluding hydrogens is 637 g/mol. The van der Waals surface area contributed by atoms with Gasteiger partial charge in [0.15, 0.2) is 0 Å². The summed E-state index contributed by atoms with van der Waals surface area (Å²) in [7, 11) is -4.20. The quantitative estimate of drug-likeness (QED) is 0.250. The summed E-state index contributed by atoms with van der Waals surface area (Å²) in [6.07, 6.45) is 0.720. The van der Waals surface area contributed by atoms with Crippen LogP contribution in [0, 0.1) is 6.92 Å². The summed E-state index contributed by atoms with van der Waals surface area (Å²) in [4.78, 5) is 28.5. The molecule has 0 aromatic heterocycles. The van der Waals surface area contributed by atoms with Gasteiger partial charge in [-0.15, -0.1) is 0 Å². The van der Waals surface area contributed by atoms with Crippen LogP contribution in [0.1, 0.15) is 38.3 Å². The Bertz CT molecular complexity index is 1470. The number of nitrogens with one attached hydrogen (secondary N) is 1. The van der Waals surface area contributed by atoms with Crippen molar-refractivity contribution in [2.75, 3.05) is 10.8 Å². The lowest BCUT2D eigenvalue weighted by Gasteiger charge is -2.32. The molecule has 3 aromatic carbocycles. The molecular formula is C29H32BrCl2N3O4S. The highest BCUT2D eigenvalue weighted by atomic mass is 79.9. The van der Waals surface area contributed by atoms with Crippen molar-refractivity contribution in [3.63, 3.8) is 0 Å². The van der Waals surface area contributed by atoms with E-state index in [4.69, 9.17) is 23.2 Å². The Morgan fingerprint density at radius 3 is 2.25 bits per heavy atom. The lowest BCUT2D eigenvalue weighted by molar-refractivity contribution is -0.139. The molecule has 3 aromatic rings. The van der Waals surface area contributed by atoms with Crippen molar-refractivity contribution < 1.29 is 18.0 Å². The van der Waals surface area contributed by atoms with Gasteiger partial charge in [0.05, 0.1) is 20.6 Å². The van der Waals surface area contributed by atoms with E-state index in [1.165, 1.54) is 35.2 Å². The van der Waals surface area contributed by atoms with E-state index in [-0.39, 0.29) is 39.1 Å². The fraction of sp³-hybridized carbons (Fsp3) is 0.310. The predicted molar refractivity (Wildman–Crippen MR) is 164 cm³/mol. The molecule has 0 radical (unpaired) electrons. The normalized spacial score (nSPS) is 12.9. The number of carbonyl (C=O) groups is 2. The Morgan fingerprint density at radius 1 is 0.975 bits per heavy atom. The van der Waals surface area contributed by atoms with E-state index < -0.39 is 28.5 Å². The van der Waals surface area contributed by atoms with Gasteiger partial charge in [-0.2, -0.15) is 0 Å². The van der Waals surface area contributed by atoms with Crippen LogP contribution in [0.5, 0.6) is 0 Å². The van der Waals surface area contributed by atoms with Crippen molar-refractivity contribution in [2.24, 2.45) is 0 Å². The minimum absolute atomic E-state index is 0.0121. The zero-order valence-electron chi connectivity index (χ0n) is 22.7. The van der Waals surface area contributed by atoms with Crippen LogP contribution in [0.2, 0.25) is 10.0 Å². The van der Waals surface area contributed by atoms with E-state index in [0.29, 0.717) is 0 Å². The number of rotatable bonds is 11. The Balaban J connectivity index is 2.05. The van der Waals surface area contributed by atoms with Crippen molar-refractivity contribution in [2.45, 2.75) is 57.6 Å². The number of aryl methyl sites for hydroxylation is 1. The monoisotopic (exact) mass is 667 g/mol. The fourth-order valence-electron chi connectivity index (χ4n) is 3.89. The highest BCUT2D eigenvalue weighted by molar-refractivity contribution is 9.10. The average Bonchev–Trinajstić information content (AvgIpc) is 2.91. The number of hydrogen-bond acceptors (Lipinski definition) is 4. The smallest absolute Gasteiger partial charge is 0.264 e. The lowest BCUT2D eigenvalue weighted by atomic mass is 10.1. The van der Waals surface area contributed by atoms with Gasteiger partial charge in [-0.3, -0.25) is 13.9 Å². The lowest BCUT2D eigenvalue weighted by Crippen LogP contribution is -2.52. The van der Waals surface area contributed by atoms with E-state index in [0.717, 1.165) is 26.3 Å². The number of benzene rings is 3. The van der Waals surface area contributed by atoms with Crippen LogP contribution < -0.4 is 9.62 Å². The zero-order valence-corrected chi connectivity index (χ0v) is 26.6. The van der Waals surface area contributed by atoms with Crippen LogP contribution in [0.15, 0.2) is 76.1 Å². The maximum atomic E-state index is 14.0. The van der Waals surface area contributed by atoms with E-state index in [9.17, 15) is 18.0 Å². The largest absolute Gasteiger partial charge is 0.352 e. The number of hydrogen-bond donors (Lipinski definition) is 1. The summed E-state index contributed by atoms with van der Waals surface area (Å²) in [6.45, 7) is 6.83. The molecule has 0 aliphatic carbocycles. The molecule has 0 bridgehead atoms. The summed E-state index contributed by atoms with van der Waals surface area (Å²) < 4.78 is 29.6. The summed E-state index contributed by atoms with van der Waals surface area (Å²) >= 11 is 15.8. The average molecular weight is 669 g/mol. The van der Waals surface area contributed by atoms with Crippen molar-refractivity contribution in [3.05, 3.63) is 92.4 Å². The van der Waals surface area contributed by atoms with Gasteiger partial charge in [0, 0.05) is 17.1 Å². The summed E-state index contributed by atoms with van der Waals surface area (Å²) in [5.41, 5.74) is 1.83. The first kappa shape index (κ1) is 31.9. The van der Waals surface area contributed by atoms with Gasteiger partial charge in [0.2, 0.25) is 11.8 Å². The molecule has 1 N–H and O–H groups in total. The van der Waals surface area contributed by atoms with Crippen LogP contribution >= 0.6 is 39.1 Å².